The smallest absolute Gasteiger partial charge is 0.262 e. The van der Waals surface area contributed by atoms with Gasteiger partial charge in [0.2, 0.25) is 0 Å². The molecule has 0 saturated carbocycles. The Morgan fingerprint density at radius 3 is 1.14 bits per heavy atom. The van der Waals surface area contributed by atoms with Gasteiger partial charge in [0.15, 0.2) is 0 Å². The molecule has 0 aromatic heterocycles. The van der Waals surface area contributed by atoms with E-state index in [1.54, 1.807) is 0 Å². The summed E-state index contributed by atoms with van der Waals surface area (Å²) in [6, 6.07) is 27.3. The van der Waals surface area contributed by atoms with Crippen molar-refractivity contribution in [2.75, 3.05) is 9.80 Å². The Kier molecular flexibility index (Phi) is 5.74. The van der Waals surface area contributed by atoms with Crippen LogP contribution in [0.3, 0.4) is 0 Å². The first-order chi connectivity index (χ1) is 20.3. The number of rotatable bonds is 0. The lowest BCUT2D eigenvalue weighted by Crippen LogP contribution is -2.75. The third-order valence-corrected chi connectivity index (χ3v) is 25.3. The molecule has 0 N–H and O–H groups in total. The van der Waals surface area contributed by atoms with Gasteiger partial charge >= 0.3 is 6.03 Å². The molecule has 3 heterocycles. The third kappa shape index (κ3) is 3.15. The highest BCUT2D eigenvalue weighted by Crippen LogP contribution is 2.60. The summed E-state index contributed by atoms with van der Waals surface area (Å²) < 4.78 is 0. The Morgan fingerprint density at radius 2 is 0.795 bits per heavy atom. The van der Waals surface area contributed by atoms with Gasteiger partial charge in [-0.05, 0) is 58.4 Å². The summed E-state index contributed by atoms with van der Waals surface area (Å²) in [5, 5.41) is 8.08. The van der Waals surface area contributed by atoms with E-state index < -0.39 is 16.1 Å². The first-order valence-corrected chi connectivity index (χ1v) is 20.3. The third-order valence-electron chi connectivity index (χ3n) is 11.4. The summed E-state index contributed by atoms with van der Waals surface area (Å²) in [6.07, 6.45) is 0. The van der Waals surface area contributed by atoms with E-state index in [4.69, 9.17) is 0 Å². The maximum Gasteiger partial charge on any atom is 0.338 e. The molecule has 0 radical (unpaired) electrons. The maximum absolute atomic E-state index is 15.4. The van der Waals surface area contributed by atoms with Gasteiger partial charge in [-0.15, -0.1) is 0 Å². The second kappa shape index (κ2) is 8.55. The summed E-state index contributed by atoms with van der Waals surface area (Å²) in [4.78, 5) is 19.6. The van der Waals surface area contributed by atoms with E-state index in [0.717, 1.165) is 22.7 Å². The number of fused-ring (bicyclic) bond motifs is 4. The molecule has 4 aromatic rings. The molecule has 0 saturated heterocycles. The number of amides is 2. The van der Waals surface area contributed by atoms with Gasteiger partial charge in [0.25, 0.3) is 0 Å². The highest BCUT2D eigenvalue weighted by atomic mass is 28.3. The van der Waals surface area contributed by atoms with Crippen LogP contribution in [0.5, 0.6) is 0 Å². The van der Waals surface area contributed by atoms with Gasteiger partial charge in [0.05, 0.1) is 22.7 Å². The second-order valence-electron chi connectivity index (χ2n) is 17.5. The van der Waals surface area contributed by atoms with Crippen molar-refractivity contribution in [1.29, 1.82) is 0 Å². The highest BCUT2D eigenvalue weighted by Gasteiger charge is 2.64. The predicted octanol–water partition coefficient (Wildman–Crippen LogP) is 9.20. The molecule has 44 heavy (non-hydrogen) atoms. The molecule has 228 valence electrons. The van der Waals surface area contributed by atoms with E-state index in [1.165, 1.54) is 31.5 Å². The first kappa shape index (κ1) is 29.5. The molecular weight excluding hydrogens is 569 g/mol. The van der Waals surface area contributed by atoms with Gasteiger partial charge in [-0.1, -0.05) is 144 Å². The van der Waals surface area contributed by atoms with Crippen molar-refractivity contribution in [3.8, 4) is 0 Å². The average molecular weight is 617 g/mol. The molecule has 3 aliphatic heterocycles. The standard InChI is InChI=1S/C39H48N2OSi2/c1-36(2,3)43(37(4,5)6)28-19-15-13-17-26(28)40-33-30(43)23-21-25-22-24-31-34(32(25)33)41(35(40)42)27-18-14-16-20-29(27)44(31,38(7,8)9)39(10,11)12/h13-24H,1-12H3. The SMILES string of the molecule is CC(C)(C)[Si]1(C(C)(C)C)c2ccccc2N2C(=O)N3c4ccccc4[Si](C(C)(C)C)(C(C)(C)C)c4ccc5ccc1c2c5c43. The number of hydrogen-bond donors (Lipinski definition) is 0. The van der Waals surface area contributed by atoms with Gasteiger partial charge in [0, 0.05) is 5.39 Å². The number of nitrogens with zero attached hydrogens (tertiary/aromatic N) is 2. The normalized spacial score (nSPS) is 18.3. The van der Waals surface area contributed by atoms with E-state index in [9.17, 15) is 0 Å². The molecule has 0 unspecified atom stereocenters. The van der Waals surface area contributed by atoms with Crippen molar-refractivity contribution >= 4 is 76.4 Å². The van der Waals surface area contributed by atoms with Crippen LogP contribution in [-0.2, 0) is 0 Å². The molecule has 5 heteroatoms. The topological polar surface area (TPSA) is 23.6 Å². The fourth-order valence-electron chi connectivity index (χ4n) is 10.9. The van der Waals surface area contributed by atoms with Crippen LogP contribution in [0.2, 0.25) is 20.2 Å². The first-order valence-electron chi connectivity index (χ1n) is 16.3. The van der Waals surface area contributed by atoms with Crippen LogP contribution in [-0.4, -0.2) is 22.2 Å². The minimum Gasteiger partial charge on any atom is -0.262 e. The number of urea groups is 1. The quantitative estimate of drug-likeness (QED) is 0.181. The van der Waals surface area contributed by atoms with Crippen LogP contribution in [0.1, 0.15) is 83.1 Å². The van der Waals surface area contributed by atoms with Crippen molar-refractivity contribution in [3.63, 3.8) is 0 Å². The Hall–Kier alpha value is -3.16. The van der Waals surface area contributed by atoms with Crippen molar-refractivity contribution < 1.29 is 4.79 Å². The Balaban J connectivity index is 1.77. The molecule has 7 rings (SSSR count). The van der Waals surface area contributed by atoms with Crippen molar-refractivity contribution in [2.24, 2.45) is 0 Å². The zero-order chi connectivity index (χ0) is 32.0. The van der Waals surface area contributed by atoms with Crippen LogP contribution in [0.15, 0.2) is 72.8 Å². The summed E-state index contributed by atoms with van der Waals surface area (Å²) in [5.41, 5.74) is 4.45. The van der Waals surface area contributed by atoms with Gasteiger partial charge in [-0.3, -0.25) is 9.80 Å². The number of anilines is 4. The molecule has 0 fully saturated rings. The molecule has 0 bridgehead atoms. The number of para-hydroxylation sites is 2. The van der Waals surface area contributed by atoms with Crippen LogP contribution >= 0.6 is 0 Å². The van der Waals surface area contributed by atoms with Crippen LogP contribution in [0.25, 0.3) is 10.8 Å². The monoisotopic (exact) mass is 616 g/mol. The summed E-state index contributed by atoms with van der Waals surface area (Å²) in [7, 11) is -5.04. The van der Waals surface area contributed by atoms with E-state index >= 15 is 4.79 Å². The fourth-order valence-corrected chi connectivity index (χ4v) is 26.2. The van der Waals surface area contributed by atoms with E-state index in [1.807, 2.05) is 0 Å². The minimum atomic E-state index is -2.52. The molecule has 0 aliphatic carbocycles. The summed E-state index contributed by atoms with van der Waals surface area (Å²) in [6.45, 7) is 29.3. The average Bonchev–Trinajstić information content (AvgIpc) is 2.90. The zero-order valence-electron chi connectivity index (χ0n) is 28.7. The van der Waals surface area contributed by atoms with Crippen molar-refractivity contribution in [1.82, 2.24) is 0 Å². The van der Waals surface area contributed by atoms with Gasteiger partial charge in [-0.2, -0.15) is 0 Å². The zero-order valence-corrected chi connectivity index (χ0v) is 30.7. The Bertz CT molecular complexity index is 1730. The largest absolute Gasteiger partial charge is 0.338 e. The predicted molar refractivity (Wildman–Crippen MR) is 195 cm³/mol. The highest BCUT2D eigenvalue weighted by molar-refractivity contribution is 7.10. The van der Waals surface area contributed by atoms with E-state index in [-0.39, 0.29) is 26.2 Å². The van der Waals surface area contributed by atoms with E-state index in [0.29, 0.717) is 0 Å². The molecular formula is C39H48N2OSi2. The molecule has 0 spiro atoms. The Labute approximate surface area is 266 Å². The summed E-state index contributed by atoms with van der Waals surface area (Å²) in [5.74, 6) is 0. The summed E-state index contributed by atoms with van der Waals surface area (Å²) >= 11 is 0. The lowest BCUT2D eigenvalue weighted by Gasteiger charge is -2.60. The second-order valence-corrected chi connectivity index (χ2v) is 28.7. The van der Waals surface area contributed by atoms with Gasteiger partial charge in [0.1, 0.15) is 16.1 Å². The van der Waals surface area contributed by atoms with Crippen LogP contribution in [0.4, 0.5) is 27.5 Å². The van der Waals surface area contributed by atoms with Crippen molar-refractivity contribution in [2.45, 2.75) is 103 Å². The van der Waals surface area contributed by atoms with Crippen LogP contribution in [0, 0.1) is 0 Å². The number of carbonyl (C=O) groups is 1. The molecule has 2 amide bonds. The molecule has 3 nitrogen and oxygen atoms in total. The minimum absolute atomic E-state index is 0.00850. The van der Waals surface area contributed by atoms with Crippen LogP contribution < -0.4 is 30.5 Å². The van der Waals surface area contributed by atoms with Gasteiger partial charge < -0.3 is 0 Å². The lowest BCUT2D eigenvalue weighted by atomic mass is 10.0. The maximum atomic E-state index is 15.4. The lowest BCUT2D eigenvalue weighted by molar-refractivity contribution is 0.255. The van der Waals surface area contributed by atoms with Gasteiger partial charge in [-0.25, -0.2) is 4.79 Å². The Morgan fingerprint density at radius 1 is 0.455 bits per heavy atom. The molecule has 4 aromatic carbocycles. The molecule has 0 atom stereocenters. The number of carbonyl (C=O) groups excluding carboxylic acids is 1. The molecule has 3 aliphatic rings. The number of benzene rings is 4. The number of hydrogen-bond acceptors (Lipinski definition) is 1. The fraction of sp³-hybridized carbons (Fsp3) is 0.410. The van der Waals surface area contributed by atoms with E-state index in [2.05, 4.69) is 166 Å². The van der Waals surface area contributed by atoms with Crippen molar-refractivity contribution in [3.05, 3.63) is 72.8 Å².